The summed E-state index contributed by atoms with van der Waals surface area (Å²) in [7, 11) is -2.05. The number of aliphatic hydroxyl groups excluding tert-OH is 3. The largest absolute Gasteiger partial charge is 0.431 e. The average molecular weight is 481 g/mol. The molecule has 3 aliphatic carbocycles. The third kappa shape index (κ3) is 12.1. The summed E-state index contributed by atoms with van der Waals surface area (Å²) in [6.45, 7) is 5.79. The van der Waals surface area contributed by atoms with Gasteiger partial charge in [-0.15, -0.1) is 0 Å². The molecule has 0 aromatic heterocycles. The van der Waals surface area contributed by atoms with Crippen molar-refractivity contribution < 1.29 is 41.8 Å². The second kappa shape index (κ2) is 21.6. The van der Waals surface area contributed by atoms with Crippen LogP contribution in [0.1, 0.15) is 117 Å². The minimum Gasteiger partial charge on any atom is -0.431 e. The summed E-state index contributed by atoms with van der Waals surface area (Å²) in [6.07, 6.45) is 20.9. The van der Waals surface area contributed by atoms with Gasteiger partial charge in [0.05, 0.1) is 0 Å². The molecule has 180 valence electrons. The van der Waals surface area contributed by atoms with Gasteiger partial charge >= 0.3 is 0 Å². The third-order valence-electron chi connectivity index (χ3n) is 6.78. The Balaban J connectivity index is 0. The first-order valence-corrected chi connectivity index (χ1v) is 14.8. The summed E-state index contributed by atoms with van der Waals surface area (Å²) >= 11 is 0. The van der Waals surface area contributed by atoms with Crippen LogP contribution in [0.15, 0.2) is 0 Å². The summed E-state index contributed by atoms with van der Waals surface area (Å²) in [5, 5.41) is 22.7. The van der Waals surface area contributed by atoms with Gasteiger partial charge in [0.15, 0.2) is 8.32 Å². The molecule has 3 saturated carbocycles. The molecular formula is C24H52O4SiTi. The van der Waals surface area contributed by atoms with Gasteiger partial charge in [-0.3, -0.25) is 0 Å². The van der Waals surface area contributed by atoms with Crippen molar-refractivity contribution in [1.29, 1.82) is 0 Å². The SMILES string of the molecule is CCO.CCO.CCO.O[Si](C1CCCCC1)(C1CCCCC1)C1CCCCC1.[Ti]. The van der Waals surface area contributed by atoms with Gasteiger partial charge in [0, 0.05) is 41.5 Å². The molecule has 3 rings (SSSR count). The van der Waals surface area contributed by atoms with Crippen molar-refractivity contribution in [2.24, 2.45) is 0 Å². The zero-order valence-corrected chi connectivity index (χ0v) is 22.8. The van der Waals surface area contributed by atoms with Crippen LogP contribution in [0, 0.1) is 0 Å². The van der Waals surface area contributed by atoms with E-state index < -0.39 is 8.32 Å². The molecule has 4 N–H and O–H groups in total. The topological polar surface area (TPSA) is 80.9 Å². The molecule has 3 aliphatic rings. The molecule has 0 amide bonds. The molecule has 0 radical (unpaired) electrons. The molecule has 0 heterocycles. The van der Waals surface area contributed by atoms with Crippen LogP contribution in [-0.2, 0) is 21.7 Å². The summed E-state index contributed by atoms with van der Waals surface area (Å²) in [5.74, 6) is 0. The van der Waals surface area contributed by atoms with E-state index in [0.717, 1.165) is 16.6 Å². The molecule has 6 heteroatoms. The van der Waals surface area contributed by atoms with Gasteiger partial charge in [0.1, 0.15) is 0 Å². The molecule has 4 nitrogen and oxygen atoms in total. The van der Waals surface area contributed by atoms with E-state index in [1.165, 1.54) is 96.3 Å². The minimum absolute atomic E-state index is 0. The number of rotatable bonds is 3. The number of hydrogen-bond donors (Lipinski definition) is 4. The van der Waals surface area contributed by atoms with Gasteiger partial charge < -0.3 is 20.1 Å². The van der Waals surface area contributed by atoms with E-state index in [-0.39, 0.29) is 41.5 Å². The van der Waals surface area contributed by atoms with Gasteiger partial charge in [-0.2, -0.15) is 0 Å². The Morgan fingerprint density at radius 3 is 0.833 bits per heavy atom. The van der Waals surface area contributed by atoms with E-state index in [1.807, 2.05) is 0 Å². The molecule has 0 aromatic rings. The van der Waals surface area contributed by atoms with Crippen LogP contribution in [0.3, 0.4) is 0 Å². The van der Waals surface area contributed by atoms with Crippen molar-refractivity contribution in [3.8, 4) is 0 Å². The maximum atomic E-state index is 12.0. The Morgan fingerprint density at radius 1 is 0.500 bits per heavy atom. The fourth-order valence-electron chi connectivity index (χ4n) is 5.70. The molecule has 0 unspecified atom stereocenters. The van der Waals surface area contributed by atoms with Crippen LogP contribution < -0.4 is 0 Å². The first-order chi connectivity index (χ1) is 14.1. The Bertz CT molecular complexity index is 292. The van der Waals surface area contributed by atoms with E-state index >= 15 is 0 Å². The Kier molecular flexibility index (Phi) is 23.7. The van der Waals surface area contributed by atoms with Gasteiger partial charge in [0.2, 0.25) is 0 Å². The van der Waals surface area contributed by atoms with E-state index in [9.17, 15) is 4.80 Å². The molecule has 0 spiro atoms. The first-order valence-electron chi connectivity index (χ1n) is 12.6. The van der Waals surface area contributed by atoms with Crippen molar-refractivity contribution in [3.05, 3.63) is 0 Å². The van der Waals surface area contributed by atoms with Crippen molar-refractivity contribution in [3.63, 3.8) is 0 Å². The zero-order valence-electron chi connectivity index (χ0n) is 20.2. The number of hydrogen-bond acceptors (Lipinski definition) is 4. The van der Waals surface area contributed by atoms with Crippen LogP contribution >= 0.6 is 0 Å². The Labute approximate surface area is 203 Å². The van der Waals surface area contributed by atoms with Crippen LogP contribution in [0.4, 0.5) is 0 Å². The summed E-state index contributed by atoms with van der Waals surface area (Å²) in [6, 6.07) is 0. The molecule has 0 bridgehead atoms. The fourth-order valence-corrected chi connectivity index (χ4v) is 11.7. The van der Waals surface area contributed by atoms with Crippen LogP contribution in [0.5, 0.6) is 0 Å². The molecule has 3 fully saturated rings. The van der Waals surface area contributed by atoms with Crippen molar-refractivity contribution >= 4 is 8.32 Å². The van der Waals surface area contributed by atoms with Gasteiger partial charge in [-0.05, 0) is 37.4 Å². The minimum atomic E-state index is -2.05. The van der Waals surface area contributed by atoms with Gasteiger partial charge in [-0.25, -0.2) is 0 Å². The third-order valence-corrected chi connectivity index (χ3v) is 12.4. The number of aliphatic hydroxyl groups is 3. The van der Waals surface area contributed by atoms with E-state index in [1.54, 1.807) is 20.8 Å². The molecule has 0 atom stereocenters. The van der Waals surface area contributed by atoms with Gasteiger partial charge in [0.25, 0.3) is 0 Å². The quantitative estimate of drug-likeness (QED) is 0.378. The zero-order chi connectivity index (χ0) is 22.0. The summed E-state index contributed by atoms with van der Waals surface area (Å²) < 4.78 is 0. The molecule has 30 heavy (non-hydrogen) atoms. The standard InChI is InChI=1S/C18H34OSi.3C2H6O.Ti/c19-20(16-10-4-1-5-11-16,17-12-6-2-7-13-17)18-14-8-3-9-15-18;3*1-2-3;/h16-19H,1-15H2;3*3H,2H2,1H3;. The molecule has 0 aliphatic heterocycles. The smallest absolute Gasteiger partial charge is 0.197 e. The maximum absolute atomic E-state index is 12.0. The van der Waals surface area contributed by atoms with E-state index in [0.29, 0.717) is 0 Å². The fraction of sp³-hybridized carbons (Fsp3) is 1.00. The van der Waals surface area contributed by atoms with Crippen molar-refractivity contribution in [1.82, 2.24) is 0 Å². The predicted octanol–water partition coefficient (Wildman–Crippen LogP) is 5.92. The second-order valence-electron chi connectivity index (χ2n) is 8.84. The molecular weight excluding hydrogens is 428 g/mol. The average Bonchev–Trinajstić information content (AvgIpc) is 2.77. The Morgan fingerprint density at radius 2 is 0.667 bits per heavy atom. The van der Waals surface area contributed by atoms with Crippen LogP contribution in [0.25, 0.3) is 0 Å². The van der Waals surface area contributed by atoms with Crippen LogP contribution in [0.2, 0.25) is 16.6 Å². The molecule has 0 saturated heterocycles. The van der Waals surface area contributed by atoms with Crippen molar-refractivity contribution in [2.45, 2.75) is 134 Å². The first kappa shape index (κ1) is 32.9. The summed E-state index contributed by atoms with van der Waals surface area (Å²) in [5.41, 5.74) is 2.30. The predicted molar refractivity (Wildman–Crippen MR) is 127 cm³/mol. The van der Waals surface area contributed by atoms with Crippen LogP contribution in [-0.4, -0.2) is 48.3 Å². The normalized spacial score (nSPS) is 20.9. The van der Waals surface area contributed by atoms with E-state index in [4.69, 9.17) is 15.3 Å². The molecule has 0 aromatic carbocycles. The summed E-state index contributed by atoms with van der Waals surface area (Å²) in [4.78, 5) is 12.0. The monoisotopic (exact) mass is 480 g/mol. The van der Waals surface area contributed by atoms with Gasteiger partial charge in [-0.1, -0.05) is 96.3 Å². The van der Waals surface area contributed by atoms with E-state index in [2.05, 4.69) is 0 Å². The van der Waals surface area contributed by atoms with Crippen molar-refractivity contribution in [2.75, 3.05) is 19.8 Å². The second-order valence-corrected chi connectivity index (χ2v) is 13.1. The maximum Gasteiger partial charge on any atom is 0.197 e. The Hall–Kier alpha value is 0.771.